The van der Waals surface area contributed by atoms with Crippen LogP contribution in [0.2, 0.25) is 0 Å². The van der Waals surface area contributed by atoms with Crippen molar-refractivity contribution in [3.63, 3.8) is 0 Å². The number of anilines is 1. The molecule has 0 radical (unpaired) electrons. The summed E-state index contributed by atoms with van der Waals surface area (Å²) in [5.74, 6) is 0.962. The summed E-state index contributed by atoms with van der Waals surface area (Å²) in [6, 6.07) is 18.3. The molecule has 0 saturated heterocycles. The third-order valence-corrected chi connectivity index (χ3v) is 3.10. The Labute approximate surface area is 141 Å². The second kappa shape index (κ2) is 9.01. The molecule has 2 N–H and O–H groups in total. The molecule has 0 aromatic heterocycles. The van der Waals surface area contributed by atoms with Gasteiger partial charge in [0.05, 0.1) is 0 Å². The smallest absolute Gasteiger partial charge is 0.267 e. The number of nitriles is 1. The van der Waals surface area contributed by atoms with E-state index in [-0.39, 0.29) is 5.57 Å². The molecular formula is C19H19N3O2. The maximum Gasteiger partial charge on any atom is 0.267 e. The number of amides is 1. The van der Waals surface area contributed by atoms with Crippen LogP contribution in [0.3, 0.4) is 0 Å². The van der Waals surface area contributed by atoms with E-state index in [4.69, 9.17) is 10.00 Å². The molecule has 0 aliphatic heterocycles. The van der Waals surface area contributed by atoms with Crippen LogP contribution in [0.15, 0.2) is 66.4 Å². The first-order valence-corrected chi connectivity index (χ1v) is 7.71. The van der Waals surface area contributed by atoms with Gasteiger partial charge in [-0.15, -0.1) is 0 Å². The highest BCUT2D eigenvalue weighted by Gasteiger charge is 2.09. The molecule has 0 fully saturated rings. The summed E-state index contributed by atoms with van der Waals surface area (Å²) in [5.41, 5.74) is 0.630. The van der Waals surface area contributed by atoms with Gasteiger partial charge in [-0.3, -0.25) is 4.79 Å². The molecular weight excluding hydrogens is 302 g/mol. The predicted molar refractivity (Wildman–Crippen MR) is 93.6 cm³/mol. The van der Waals surface area contributed by atoms with Crippen LogP contribution < -0.4 is 15.4 Å². The normalized spacial score (nSPS) is 10.6. The Morgan fingerprint density at radius 2 is 1.79 bits per heavy atom. The number of hydrogen-bond acceptors (Lipinski definition) is 4. The molecule has 5 nitrogen and oxygen atoms in total. The van der Waals surface area contributed by atoms with E-state index in [1.807, 2.05) is 43.3 Å². The number of nitrogens with one attached hydrogen (secondary N) is 2. The van der Waals surface area contributed by atoms with Gasteiger partial charge in [0.2, 0.25) is 0 Å². The number of carbonyl (C=O) groups is 1. The third kappa shape index (κ3) is 5.18. The number of rotatable bonds is 7. The summed E-state index contributed by atoms with van der Waals surface area (Å²) in [6.45, 7) is 2.72. The summed E-state index contributed by atoms with van der Waals surface area (Å²) >= 11 is 0. The molecule has 0 saturated carbocycles. The molecule has 0 heterocycles. The van der Waals surface area contributed by atoms with Crippen LogP contribution in [-0.2, 0) is 4.79 Å². The fourth-order valence-electron chi connectivity index (χ4n) is 1.90. The molecule has 0 bridgehead atoms. The van der Waals surface area contributed by atoms with Crippen LogP contribution in [0.25, 0.3) is 0 Å². The molecule has 0 aliphatic rings. The van der Waals surface area contributed by atoms with E-state index in [0.717, 1.165) is 12.2 Å². The van der Waals surface area contributed by atoms with Crippen molar-refractivity contribution in [2.75, 3.05) is 11.9 Å². The van der Waals surface area contributed by atoms with Gasteiger partial charge in [-0.1, -0.05) is 25.1 Å². The maximum atomic E-state index is 12.0. The number of carbonyl (C=O) groups excluding carboxylic acids is 1. The topological polar surface area (TPSA) is 74.2 Å². The average Bonchev–Trinajstić information content (AvgIpc) is 2.61. The van der Waals surface area contributed by atoms with Crippen molar-refractivity contribution in [1.82, 2.24) is 5.32 Å². The number of para-hydroxylation sites is 1. The Bertz CT molecular complexity index is 731. The summed E-state index contributed by atoms with van der Waals surface area (Å²) < 4.78 is 5.69. The van der Waals surface area contributed by atoms with Crippen LogP contribution in [0, 0.1) is 11.3 Å². The number of hydrogen-bond donors (Lipinski definition) is 2. The van der Waals surface area contributed by atoms with E-state index < -0.39 is 5.91 Å². The van der Waals surface area contributed by atoms with Gasteiger partial charge in [0.1, 0.15) is 23.1 Å². The third-order valence-electron chi connectivity index (χ3n) is 3.10. The quantitative estimate of drug-likeness (QED) is 0.462. The summed E-state index contributed by atoms with van der Waals surface area (Å²) in [6.07, 6.45) is 2.35. The second-order valence-electron chi connectivity index (χ2n) is 5.02. The van der Waals surface area contributed by atoms with Crippen molar-refractivity contribution in [2.24, 2.45) is 0 Å². The van der Waals surface area contributed by atoms with Gasteiger partial charge in [0.15, 0.2) is 0 Å². The van der Waals surface area contributed by atoms with Crippen LogP contribution in [-0.4, -0.2) is 12.5 Å². The van der Waals surface area contributed by atoms with Crippen molar-refractivity contribution < 1.29 is 9.53 Å². The summed E-state index contributed by atoms with van der Waals surface area (Å²) in [4.78, 5) is 12.0. The van der Waals surface area contributed by atoms with Crippen molar-refractivity contribution in [2.45, 2.75) is 13.3 Å². The molecule has 0 unspecified atom stereocenters. The van der Waals surface area contributed by atoms with E-state index in [1.54, 1.807) is 24.3 Å². The number of ether oxygens (including phenoxy) is 1. The van der Waals surface area contributed by atoms with E-state index in [1.165, 1.54) is 6.20 Å². The molecule has 1 amide bonds. The molecule has 2 aromatic rings. The Kier molecular flexibility index (Phi) is 6.42. The standard InChI is InChI=1S/C19H19N3O2/c1-2-12-21-14-15(13-20)19(23)22-16-8-10-18(11-9-16)24-17-6-4-3-5-7-17/h3-11,14,21H,2,12H2,1H3,(H,22,23)/b15-14-. The monoisotopic (exact) mass is 321 g/mol. The van der Waals surface area contributed by atoms with Crippen LogP contribution in [0.1, 0.15) is 13.3 Å². The van der Waals surface area contributed by atoms with E-state index in [2.05, 4.69) is 10.6 Å². The first kappa shape index (κ1) is 17.1. The Morgan fingerprint density at radius 1 is 1.12 bits per heavy atom. The van der Waals surface area contributed by atoms with Gasteiger partial charge in [-0.05, 0) is 42.8 Å². The van der Waals surface area contributed by atoms with Crippen molar-refractivity contribution >= 4 is 11.6 Å². The van der Waals surface area contributed by atoms with Crippen LogP contribution in [0.5, 0.6) is 11.5 Å². The molecule has 0 atom stereocenters. The zero-order valence-corrected chi connectivity index (χ0v) is 13.5. The van der Waals surface area contributed by atoms with Gasteiger partial charge in [-0.25, -0.2) is 0 Å². The Morgan fingerprint density at radius 3 is 2.42 bits per heavy atom. The first-order valence-electron chi connectivity index (χ1n) is 7.71. The minimum atomic E-state index is -0.446. The molecule has 2 aromatic carbocycles. The highest BCUT2D eigenvalue weighted by Crippen LogP contribution is 2.22. The van der Waals surface area contributed by atoms with Crippen molar-refractivity contribution in [1.29, 1.82) is 5.26 Å². The van der Waals surface area contributed by atoms with E-state index in [9.17, 15) is 4.79 Å². The van der Waals surface area contributed by atoms with Crippen LogP contribution >= 0.6 is 0 Å². The lowest BCUT2D eigenvalue weighted by atomic mass is 10.2. The van der Waals surface area contributed by atoms with Crippen molar-refractivity contribution in [3.05, 3.63) is 66.4 Å². The fourth-order valence-corrected chi connectivity index (χ4v) is 1.90. The lowest BCUT2D eigenvalue weighted by Gasteiger charge is -2.08. The number of benzene rings is 2. The number of nitrogens with zero attached hydrogens (tertiary/aromatic N) is 1. The maximum absolute atomic E-state index is 12.0. The SMILES string of the molecule is CCCN/C=C(/C#N)C(=O)Nc1ccc(Oc2ccccc2)cc1. The highest BCUT2D eigenvalue weighted by molar-refractivity contribution is 6.06. The first-order chi connectivity index (χ1) is 11.7. The molecule has 2 rings (SSSR count). The predicted octanol–water partition coefficient (Wildman–Crippen LogP) is 3.82. The Balaban J connectivity index is 1.97. The zero-order chi connectivity index (χ0) is 17.2. The zero-order valence-electron chi connectivity index (χ0n) is 13.5. The van der Waals surface area contributed by atoms with Crippen LogP contribution in [0.4, 0.5) is 5.69 Å². The second-order valence-corrected chi connectivity index (χ2v) is 5.02. The molecule has 24 heavy (non-hydrogen) atoms. The minimum Gasteiger partial charge on any atom is -0.457 e. The minimum absolute atomic E-state index is 0.0352. The summed E-state index contributed by atoms with van der Waals surface area (Å²) in [5, 5.41) is 14.7. The molecule has 5 heteroatoms. The average molecular weight is 321 g/mol. The highest BCUT2D eigenvalue weighted by atomic mass is 16.5. The van der Waals surface area contributed by atoms with Gasteiger partial charge in [-0.2, -0.15) is 5.26 Å². The Hall–Kier alpha value is -3.26. The van der Waals surface area contributed by atoms with Gasteiger partial charge in [0.25, 0.3) is 5.91 Å². The van der Waals surface area contributed by atoms with Gasteiger partial charge < -0.3 is 15.4 Å². The lowest BCUT2D eigenvalue weighted by Crippen LogP contribution is -2.17. The lowest BCUT2D eigenvalue weighted by molar-refractivity contribution is -0.112. The molecule has 0 aliphatic carbocycles. The largest absolute Gasteiger partial charge is 0.457 e. The molecule has 0 spiro atoms. The molecule has 122 valence electrons. The summed E-state index contributed by atoms with van der Waals surface area (Å²) in [7, 11) is 0. The van der Waals surface area contributed by atoms with Gasteiger partial charge >= 0.3 is 0 Å². The van der Waals surface area contributed by atoms with E-state index in [0.29, 0.717) is 18.0 Å². The fraction of sp³-hybridized carbons (Fsp3) is 0.158. The van der Waals surface area contributed by atoms with Gasteiger partial charge in [0, 0.05) is 18.4 Å². The van der Waals surface area contributed by atoms with E-state index >= 15 is 0 Å². The van der Waals surface area contributed by atoms with Crippen molar-refractivity contribution in [3.8, 4) is 17.6 Å².